The largest absolute Gasteiger partial charge is 0.494 e. The standard InChI is InChI=1S/C27H32N2O/c1-4-15-28(16-5-1)17-7-19-30-25-12-13-27-23(20-25)14-18-29(27)21-24-10-6-9-22-8-2-3-11-26(22)24/h2-3,6,8-13,20H,1,4-5,7,14-19,21H2. The Morgan fingerprint density at radius 3 is 2.63 bits per heavy atom. The second-order valence-electron chi connectivity index (χ2n) is 8.70. The molecule has 3 nitrogen and oxygen atoms in total. The smallest absolute Gasteiger partial charge is 0.119 e. The minimum atomic E-state index is 0.814. The van der Waals surface area contributed by atoms with Gasteiger partial charge in [0.2, 0.25) is 0 Å². The predicted octanol–water partition coefficient (Wildman–Crippen LogP) is 5.66. The van der Waals surface area contributed by atoms with E-state index < -0.39 is 0 Å². The summed E-state index contributed by atoms with van der Waals surface area (Å²) in [7, 11) is 0. The summed E-state index contributed by atoms with van der Waals surface area (Å²) in [4.78, 5) is 5.10. The first-order chi connectivity index (χ1) is 14.9. The van der Waals surface area contributed by atoms with Gasteiger partial charge in [0, 0.05) is 25.3 Å². The number of fused-ring (bicyclic) bond motifs is 2. The lowest BCUT2D eigenvalue weighted by Gasteiger charge is -2.26. The van der Waals surface area contributed by atoms with Crippen molar-refractivity contribution < 1.29 is 4.74 Å². The predicted molar refractivity (Wildman–Crippen MR) is 126 cm³/mol. The van der Waals surface area contributed by atoms with Crippen molar-refractivity contribution in [3.8, 4) is 5.75 Å². The van der Waals surface area contributed by atoms with Gasteiger partial charge in [0.05, 0.1) is 6.61 Å². The van der Waals surface area contributed by atoms with Crippen LogP contribution >= 0.6 is 0 Å². The summed E-state index contributed by atoms with van der Waals surface area (Å²) in [5, 5.41) is 2.69. The van der Waals surface area contributed by atoms with E-state index >= 15 is 0 Å². The topological polar surface area (TPSA) is 15.7 Å². The van der Waals surface area contributed by atoms with Gasteiger partial charge in [-0.1, -0.05) is 48.9 Å². The van der Waals surface area contributed by atoms with Crippen LogP contribution in [-0.2, 0) is 13.0 Å². The van der Waals surface area contributed by atoms with E-state index in [1.165, 1.54) is 66.5 Å². The number of likely N-dealkylation sites (tertiary alicyclic amines) is 1. The van der Waals surface area contributed by atoms with Crippen molar-refractivity contribution in [2.75, 3.05) is 37.7 Å². The number of nitrogens with zero attached hydrogens (tertiary/aromatic N) is 2. The Balaban J connectivity index is 1.19. The summed E-state index contributed by atoms with van der Waals surface area (Å²) < 4.78 is 6.09. The van der Waals surface area contributed by atoms with Crippen LogP contribution in [0.15, 0.2) is 60.7 Å². The monoisotopic (exact) mass is 400 g/mol. The molecule has 0 aliphatic carbocycles. The molecule has 0 radical (unpaired) electrons. The summed E-state index contributed by atoms with van der Waals surface area (Å²) >= 11 is 0. The third-order valence-corrected chi connectivity index (χ3v) is 6.62. The number of piperidine rings is 1. The van der Waals surface area contributed by atoms with Crippen LogP contribution in [0.2, 0.25) is 0 Å². The van der Waals surface area contributed by atoms with Gasteiger partial charge in [-0.15, -0.1) is 0 Å². The first-order valence-electron chi connectivity index (χ1n) is 11.6. The fourth-order valence-corrected chi connectivity index (χ4v) is 5.00. The minimum absolute atomic E-state index is 0.814. The Labute approximate surface area is 180 Å². The third-order valence-electron chi connectivity index (χ3n) is 6.62. The molecule has 0 saturated carbocycles. The lowest BCUT2D eigenvalue weighted by Crippen LogP contribution is -2.31. The average Bonchev–Trinajstić information content (AvgIpc) is 3.20. The zero-order valence-electron chi connectivity index (χ0n) is 17.9. The molecule has 0 amide bonds. The molecular formula is C27H32N2O. The van der Waals surface area contributed by atoms with Crippen LogP contribution in [0.25, 0.3) is 10.8 Å². The molecule has 5 rings (SSSR count). The Morgan fingerprint density at radius 1 is 0.833 bits per heavy atom. The summed E-state index contributed by atoms with van der Waals surface area (Å²) in [5.74, 6) is 1.03. The van der Waals surface area contributed by atoms with Crippen LogP contribution in [0.4, 0.5) is 5.69 Å². The first-order valence-corrected chi connectivity index (χ1v) is 11.6. The molecule has 156 valence electrons. The van der Waals surface area contributed by atoms with E-state index in [0.717, 1.165) is 38.3 Å². The number of ether oxygens (including phenoxy) is 1. The van der Waals surface area contributed by atoms with Crippen molar-refractivity contribution in [1.29, 1.82) is 0 Å². The second-order valence-corrected chi connectivity index (χ2v) is 8.70. The van der Waals surface area contributed by atoms with Crippen molar-refractivity contribution >= 4 is 16.5 Å². The van der Waals surface area contributed by atoms with E-state index in [1.54, 1.807) is 0 Å². The molecule has 0 atom stereocenters. The van der Waals surface area contributed by atoms with E-state index in [9.17, 15) is 0 Å². The quantitative estimate of drug-likeness (QED) is 0.476. The molecule has 30 heavy (non-hydrogen) atoms. The van der Waals surface area contributed by atoms with E-state index in [1.807, 2.05) is 0 Å². The van der Waals surface area contributed by atoms with Crippen molar-refractivity contribution in [2.24, 2.45) is 0 Å². The van der Waals surface area contributed by atoms with Crippen molar-refractivity contribution in [3.05, 3.63) is 71.8 Å². The zero-order valence-corrected chi connectivity index (χ0v) is 17.9. The molecule has 1 saturated heterocycles. The third kappa shape index (κ3) is 4.32. The van der Waals surface area contributed by atoms with Crippen LogP contribution in [0.1, 0.15) is 36.8 Å². The van der Waals surface area contributed by atoms with Crippen LogP contribution in [0.3, 0.4) is 0 Å². The number of benzene rings is 3. The SMILES string of the molecule is c1ccc2c(CN3CCc4cc(OCCCN5CCCCC5)ccc43)cccc2c1. The van der Waals surface area contributed by atoms with Gasteiger partial charge >= 0.3 is 0 Å². The minimum Gasteiger partial charge on any atom is -0.494 e. The second kappa shape index (κ2) is 9.09. The molecule has 3 heteroatoms. The lowest BCUT2D eigenvalue weighted by atomic mass is 10.0. The van der Waals surface area contributed by atoms with Crippen LogP contribution in [0.5, 0.6) is 5.75 Å². The Morgan fingerprint density at radius 2 is 1.70 bits per heavy atom. The van der Waals surface area contributed by atoms with Gasteiger partial charge in [-0.25, -0.2) is 0 Å². The van der Waals surface area contributed by atoms with Gasteiger partial charge in [0.25, 0.3) is 0 Å². The molecule has 0 bridgehead atoms. The Bertz CT molecular complexity index is 988. The summed E-state index contributed by atoms with van der Waals surface area (Å²) in [6.45, 7) is 6.57. The van der Waals surface area contributed by atoms with Crippen LogP contribution in [0, 0.1) is 0 Å². The molecule has 2 aliphatic heterocycles. The highest BCUT2D eigenvalue weighted by molar-refractivity contribution is 5.86. The molecule has 0 aromatic heterocycles. The maximum absolute atomic E-state index is 6.09. The van der Waals surface area contributed by atoms with Gasteiger partial charge in [0.1, 0.15) is 5.75 Å². The van der Waals surface area contributed by atoms with Gasteiger partial charge in [-0.3, -0.25) is 0 Å². The van der Waals surface area contributed by atoms with E-state index in [2.05, 4.69) is 70.5 Å². The number of anilines is 1. The molecule has 1 fully saturated rings. The number of rotatable bonds is 7. The average molecular weight is 401 g/mol. The molecule has 3 aromatic carbocycles. The fraction of sp³-hybridized carbons (Fsp3) is 0.407. The summed E-state index contributed by atoms with van der Waals surface area (Å²) in [6, 6.07) is 22.0. The van der Waals surface area contributed by atoms with E-state index in [4.69, 9.17) is 4.74 Å². The Hall–Kier alpha value is -2.52. The van der Waals surface area contributed by atoms with Crippen LogP contribution < -0.4 is 9.64 Å². The van der Waals surface area contributed by atoms with Crippen molar-refractivity contribution in [3.63, 3.8) is 0 Å². The molecule has 3 aromatic rings. The van der Waals surface area contributed by atoms with E-state index in [-0.39, 0.29) is 0 Å². The molecular weight excluding hydrogens is 368 g/mol. The molecule has 0 spiro atoms. The highest BCUT2D eigenvalue weighted by Gasteiger charge is 2.20. The van der Waals surface area contributed by atoms with E-state index in [0.29, 0.717) is 0 Å². The molecule has 2 aliphatic rings. The normalized spacial score (nSPS) is 16.7. The number of hydrogen-bond donors (Lipinski definition) is 0. The maximum atomic E-state index is 6.09. The zero-order chi connectivity index (χ0) is 20.2. The van der Waals surface area contributed by atoms with Gasteiger partial charge in [-0.2, -0.15) is 0 Å². The maximum Gasteiger partial charge on any atom is 0.119 e. The first kappa shape index (κ1) is 19.4. The highest BCUT2D eigenvalue weighted by Crippen LogP contribution is 2.33. The fourth-order valence-electron chi connectivity index (χ4n) is 5.00. The number of hydrogen-bond acceptors (Lipinski definition) is 3. The molecule has 0 N–H and O–H groups in total. The summed E-state index contributed by atoms with van der Waals surface area (Å²) in [5.41, 5.74) is 4.19. The highest BCUT2D eigenvalue weighted by atomic mass is 16.5. The van der Waals surface area contributed by atoms with Gasteiger partial charge < -0.3 is 14.5 Å². The molecule has 0 unspecified atom stereocenters. The van der Waals surface area contributed by atoms with Crippen molar-refractivity contribution in [1.82, 2.24) is 4.90 Å². The molecule has 2 heterocycles. The summed E-state index contributed by atoms with van der Waals surface area (Å²) in [6.07, 6.45) is 6.34. The van der Waals surface area contributed by atoms with Gasteiger partial charge in [-0.05, 0) is 78.9 Å². The van der Waals surface area contributed by atoms with Crippen LogP contribution in [-0.4, -0.2) is 37.7 Å². The lowest BCUT2D eigenvalue weighted by molar-refractivity contribution is 0.205. The van der Waals surface area contributed by atoms with Crippen molar-refractivity contribution in [2.45, 2.75) is 38.6 Å². The van der Waals surface area contributed by atoms with Gasteiger partial charge in [0.15, 0.2) is 0 Å². The Kier molecular flexibility index (Phi) is 5.89.